The summed E-state index contributed by atoms with van der Waals surface area (Å²) in [4.78, 5) is 0. The Morgan fingerprint density at radius 3 is 2.57 bits per heavy atom. The Hall–Kier alpha value is -0.0800. The molecular weight excluding hydrogens is 172 g/mol. The fourth-order valence-corrected chi connectivity index (χ4v) is 2.08. The molecule has 2 heteroatoms. The number of hydrogen-bond donors (Lipinski definition) is 2. The molecule has 1 aliphatic rings. The van der Waals surface area contributed by atoms with Crippen LogP contribution in [-0.2, 0) is 0 Å². The standard InChI is InChI=1S/C12H26N2/c1-3-11(2)9-14-8-7-12(10-13)5-4-6-12/h11,14H,3-10,13H2,1-2H3. The van der Waals surface area contributed by atoms with Crippen LogP contribution in [0.5, 0.6) is 0 Å². The summed E-state index contributed by atoms with van der Waals surface area (Å²) in [5.41, 5.74) is 6.33. The molecule has 1 unspecified atom stereocenters. The molecule has 0 radical (unpaired) electrons. The van der Waals surface area contributed by atoms with Crippen LogP contribution in [0.4, 0.5) is 0 Å². The second-order valence-corrected chi connectivity index (χ2v) is 5.03. The Morgan fingerprint density at radius 2 is 2.14 bits per heavy atom. The van der Waals surface area contributed by atoms with Crippen LogP contribution in [0.1, 0.15) is 46.0 Å². The molecule has 84 valence electrons. The van der Waals surface area contributed by atoms with Crippen molar-refractivity contribution in [3.63, 3.8) is 0 Å². The van der Waals surface area contributed by atoms with Crippen LogP contribution in [0.2, 0.25) is 0 Å². The van der Waals surface area contributed by atoms with Gasteiger partial charge in [0.1, 0.15) is 0 Å². The van der Waals surface area contributed by atoms with E-state index in [9.17, 15) is 0 Å². The summed E-state index contributed by atoms with van der Waals surface area (Å²) in [6.45, 7) is 7.76. The third-order valence-corrected chi connectivity index (χ3v) is 3.87. The molecular formula is C12H26N2. The molecule has 0 aromatic rings. The first-order chi connectivity index (χ1) is 6.72. The van der Waals surface area contributed by atoms with Crippen LogP contribution in [-0.4, -0.2) is 19.6 Å². The SMILES string of the molecule is CCC(C)CNCCC1(CN)CCC1. The van der Waals surface area contributed by atoms with Gasteiger partial charge in [-0.1, -0.05) is 26.7 Å². The zero-order valence-corrected chi connectivity index (χ0v) is 9.81. The summed E-state index contributed by atoms with van der Waals surface area (Å²) in [6.07, 6.45) is 6.65. The first-order valence-electron chi connectivity index (χ1n) is 6.13. The molecule has 3 N–H and O–H groups in total. The van der Waals surface area contributed by atoms with Crippen LogP contribution in [0.25, 0.3) is 0 Å². The first kappa shape index (κ1) is 12.0. The Morgan fingerprint density at radius 1 is 1.43 bits per heavy atom. The van der Waals surface area contributed by atoms with Gasteiger partial charge in [-0.05, 0) is 50.2 Å². The van der Waals surface area contributed by atoms with Gasteiger partial charge in [-0.2, -0.15) is 0 Å². The van der Waals surface area contributed by atoms with Crippen molar-refractivity contribution in [1.29, 1.82) is 0 Å². The molecule has 0 bridgehead atoms. The molecule has 1 aliphatic carbocycles. The van der Waals surface area contributed by atoms with Crippen LogP contribution < -0.4 is 11.1 Å². The van der Waals surface area contributed by atoms with Gasteiger partial charge in [-0.3, -0.25) is 0 Å². The topological polar surface area (TPSA) is 38.0 Å². The highest BCUT2D eigenvalue weighted by Gasteiger charge is 2.34. The molecule has 0 aromatic heterocycles. The quantitative estimate of drug-likeness (QED) is 0.615. The minimum absolute atomic E-state index is 0.516. The van der Waals surface area contributed by atoms with Crippen molar-refractivity contribution >= 4 is 0 Å². The molecule has 1 rings (SSSR count). The maximum absolute atomic E-state index is 5.81. The lowest BCUT2D eigenvalue weighted by molar-refractivity contribution is 0.130. The molecule has 0 aromatic carbocycles. The summed E-state index contributed by atoms with van der Waals surface area (Å²) < 4.78 is 0. The van der Waals surface area contributed by atoms with E-state index in [2.05, 4.69) is 19.2 Å². The second kappa shape index (κ2) is 5.72. The van der Waals surface area contributed by atoms with E-state index in [1.165, 1.54) is 32.1 Å². The average Bonchev–Trinajstić information content (AvgIpc) is 2.15. The van der Waals surface area contributed by atoms with E-state index in [4.69, 9.17) is 5.73 Å². The molecule has 0 aliphatic heterocycles. The lowest BCUT2D eigenvalue weighted by Crippen LogP contribution is -2.40. The molecule has 2 nitrogen and oxygen atoms in total. The Bertz CT molecular complexity index is 147. The summed E-state index contributed by atoms with van der Waals surface area (Å²) in [5, 5.41) is 3.54. The van der Waals surface area contributed by atoms with E-state index in [1.807, 2.05) is 0 Å². The lowest BCUT2D eigenvalue weighted by Gasteiger charge is -2.41. The number of nitrogens with one attached hydrogen (secondary N) is 1. The Kier molecular flexibility index (Phi) is 4.90. The molecule has 14 heavy (non-hydrogen) atoms. The minimum atomic E-state index is 0.516. The van der Waals surface area contributed by atoms with E-state index in [-0.39, 0.29) is 0 Å². The molecule has 0 spiro atoms. The summed E-state index contributed by atoms with van der Waals surface area (Å²) in [5.74, 6) is 0.810. The first-order valence-corrected chi connectivity index (χ1v) is 6.13. The molecule has 1 fully saturated rings. The zero-order valence-electron chi connectivity index (χ0n) is 9.81. The molecule has 1 saturated carbocycles. The smallest absolute Gasteiger partial charge is 0.00201 e. The van der Waals surface area contributed by atoms with Gasteiger partial charge >= 0.3 is 0 Å². The Balaban J connectivity index is 2.03. The summed E-state index contributed by atoms with van der Waals surface area (Å²) >= 11 is 0. The van der Waals surface area contributed by atoms with Crippen molar-refractivity contribution in [2.24, 2.45) is 17.1 Å². The van der Waals surface area contributed by atoms with E-state index in [0.717, 1.165) is 25.6 Å². The largest absolute Gasteiger partial charge is 0.330 e. The fraction of sp³-hybridized carbons (Fsp3) is 1.00. The average molecular weight is 198 g/mol. The maximum Gasteiger partial charge on any atom is -0.00201 e. The van der Waals surface area contributed by atoms with E-state index in [1.54, 1.807) is 0 Å². The van der Waals surface area contributed by atoms with Gasteiger partial charge in [0.05, 0.1) is 0 Å². The molecule has 0 saturated heterocycles. The van der Waals surface area contributed by atoms with E-state index >= 15 is 0 Å². The third kappa shape index (κ3) is 3.25. The summed E-state index contributed by atoms with van der Waals surface area (Å²) in [7, 11) is 0. The number of nitrogens with two attached hydrogens (primary N) is 1. The van der Waals surface area contributed by atoms with Crippen molar-refractivity contribution in [2.75, 3.05) is 19.6 Å². The predicted molar refractivity (Wildman–Crippen MR) is 62.3 cm³/mol. The van der Waals surface area contributed by atoms with Crippen LogP contribution in [0.3, 0.4) is 0 Å². The van der Waals surface area contributed by atoms with Crippen molar-refractivity contribution in [1.82, 2.24) is 5.32 Å². The monoisotopic (exact) mass is 198 g/mol. The molecule has 0 amide bonds. The van der Waals surface area contributed by atoms with Crippen LogP contribution in [0, 0.1) is 11.3 Å². The van der Waals surface area contributed by atoms with Gasteiger partial charge < -0.3 is 11.1 Å². The second-order valence-electron chi connectivity index (χ2n) is 5.03. The van der Waals surface area contributed by atoms with E-state index in [0.29, 0.717) is 5.41 Å². The minimum Gasteiger partial charge on any atom is -0.330 e. The van der Waals surface area contributed by atoms with Gasteiger partial charge in [0.15, 0.2) is 0 Å². The van der Waals surface area contributed by atoms with Gasteiger partial charge in [-0.15, -0.1) is 0 Å². The normalized spacial score (nSPS) is 21.6. The summed E-state index contributed by atoms with van der Waals surface area (Å²) in [6, 6.07) is 0. The van der Waals surface area contributed by atoms with Gasteiger partial charge in [-0.25, -0.2) is 0 Å². The highest BCUT2D eigenvalue weighted by atomic mass is 14.9. The van der Waals surface area contributed by atoms with Gasteiger partial charge in [0.2, 0.25) is 0 Å². The van der Waals surface area contributed by atoms with Crippen LogP contribution >= 0.6 is 0 Å². The van der Waals surface area contributed by atoms with Crippen molar-refractivity contribution in [2.45, 2.75) is 46.0 Å². The third-order valence-electron chi connectivity index (χ3n) is 3.87. The van der Waals surface area contributed by atoms with Gasteiger partial charge in [0.25, 0.3) is 0 Å². The van der Waals surface area contributed by atoms with Crippen molar-refractivity contribution in [3.05, 3.63) is 0 Å². The Labute approximate surface area is 88.6 Å². The van der Waals surface area contributed by atoms with Gasteiger partial charge in [0, 0.05) is 0 Å². The maximum atomic E-state index is 5.81. The van der Waals surface area contributed by atoms with Crippen molar-refractivity contribution < 1.29 is 0 Å². The number of rotatable bonds is 7. The zero-order chi connectivity index (χ0) is 10.4. The van der Waals surface area contributed by atoms with Crippen LogP contribution in [0.15, 0.2) is 0 Å². The molecule has 1 atom stereocenters. The highest BCUT2D eigenvalue weighted by molar-refractivity contribution is 4.88. The predicted octanol–water partition coefficient (Wildman–Crippen LogP) is 2.14. The van der Waals surface area contributed by atoms with E-state index < -0.39 is 0 Å². The molecule has 0 heterocycles. The highest BCUT2D eigenvalue weighted by Crippen LogP contribution is 2.42. The lowest BCUT2D eigenvalue weighted by atomic mass is 9.67. The fourth-order valence-electron chi connectivity index (χ4n) is 2.08. The number of hydrogen-bond acceptors (Lipinski definition) is 2. The van der Waals surface area contributed by atoms with Crippen molar-refractivity contribution in [3.8, 4) is 0 Å².